The number of hydrogen-bond acceptors (Lipinski definition) is 7. The van der Waals surface area contributed by atoms with Gasteiger partial charge in [0.15, 0.2) is 0 Å². The summed E-state index contributed by atoms with van der Waals surface area (Å²) < 4.78 is 6.63. The number of aromatic nitrogens is 1. The van der Waals surface area contributed by atoms with Crippen LogP contribution in [0.5, 0.6) is 0 Å². The third kappa shape index (κ3) is 5.20. The molecule has 6 nitrogen and oxygen atoms in total. The Hall–Kier alpha value is -1.71. The van der Waals surface area contributed by atoms with Crippen molar-refractivity contribution in [1.29, 1.82) is 0 Å². The predicted molar refractivity (Wildman–Crippen MR) is 137 cm³/mol. The van der Waals surface area contributed by atoms with Crippen molar-refractivity contribution in [3.8, 4) is 0 Å². The summed E-state index contributed by atoms with van der Waals surface area (Å²) in [5, 5.41) is 12.7. The number of anilines is 1. The number of rotatable bonds is 4. The number of amides is 1. The lowest BCUT2D eigenvalue weighted by molar-refractivity contribution is 0.0578. The molecule has 3 aromatic heterocycles. The Kier molecular flexibility index (Phi) is 7.03. The molecule has 0 saturated heterocycles. The molecule has 1 saturated carbocycles. The van der Waals surface area contributed by atoms with Crippen molar-refractivity contribution >= 4 is 56.3 Å². The Balaban J connectivity index is 1.83. The number of aliphatic hydroxyl groups excluding tert-OH is 1. The smallest absolute Gasteiger partial charge is 0.415 e. The summed E-state index contributed by atoms with van der Waals surface area (Å²) >= 11 is 9.63. The largest absolute Gasteiger partial charge is 0.443 e. The number of fused-ring (bicyclic) bond motifs is 1. The molecule has 1 aliphatic rings. The Morgan fingerprint density at radius 3 is 2.82 bits per heavy atom. The van der Waals surface area contributed by atoms with Crippen LogP contribution < -0.4 is 10.6 Å². The summed E-state index contributed by atoms with van der Waals surface area (Å²) in [6, 6.07) is 5.37. The van der Waals surface area contributed by atoms with E-state index in [-0.39, 0.29) is 12.0 Å². The number of aryl methyl sites for hydroxylation is 1. The van der Waals surface area contributed by atoms with Crippen LogP contribution in [0.3, 0.4) is 0 Å². The standard InChI is InChI=1S/C24H30ClN3O3S2/c1-13-20-22(33-21(13)15-8-5-9-17(29)19(15)26)16(11-18(25)27-20)28(12-14-7-6-10-32-14)23(30)31-24(2,3)4/h6-7,10-11,15,17,19,29H,5,8-9,12,26H2,1-4H3. The van der Waals surface area contributed by atoms with Crippen molar-refractivity contribution < 1.29 is 14.6 Å². The van der Waals surface area contributed by atoms with Gasteiger partial charge in [-0.2, -0.15) is 0 Å². The number of nitrogens with zero attached hydrogens (tertiary/aromatic N) is 2. The number of hydrogen-bond donors (Lipinski definition) is 2. The second-order valence-corrected chi connectivity index (χ2v) is 12.0. The van der Waals surface area contributed by atoms with E-state index in [1.165, 1.54) is 0 Å². The first-order chi connectivity index (χ1) is 15.5. The first kappa shape index (κ1) is 24.4. The number of halogens is 1. The molecule has 0 aliphatic heterocycles. The van der Waals surface area contributed by atoms with Crippen LogP contribution in [0.15, 0.2) is 23.6 Å². The van der Waals surface area contributed by atoms with E-state index in [0.717, 1.165) is 44.8 Å². The van der Waals surface area contributed by atoms with Gasteiger partial charge in [0.1, 0.15) is 10.8 Å². The van der Waals surface area contributed by atoms with Gasteiger partial charge in [0.2, 0.25) is 0 Å². The maximum atomic E-state index is 13.3. The van der Waals surface area contributed by atoms with Crippen molar-refractivity contribution in [3.63, 3.8) is 0 Å². The Morgan fingerprint density at radius 1 is 1.39 bits per heavy atom. The van der Waals surface area contributed by atoms with Crippen LogP contribution >= 0.6 is 34.3 Å². The average Bonchev–Trinajstić information content (AvgIpc) is 3.35. The second-order valence-electron chi connectivity index (χ2n) is 9.56. The molecule has 3 aromatic rings. The fraction of sp³-hybridized carbons (Fsp3) is 0.500. The van der Waals surface area contributed by atoms with Crippen LogP contribution in [0.2, 0.25) is 5.15 Å². The molecule has 3 heterocycles. The van der Waals surface area contributed by atoms with E-state index >= 15 is 0 Å². The van der Waals surface area contributed by atoms with Crippen molar-refractivity contribution in [1.82, 2.24) is 4.98 Å². The molecule has 0 bridgehead atoms. The highest BCUT2D eigenvalue weighted by Crippen LogP contribution is 2.45. The molecule has 0 spiro atoms. The molecular weight excluding hydrogens is 478 g/mol. The Morgan fingerprint density at radius 2 is 2.15 bits per heavy atom. The first-order valence-electron chi connectivity index (χ1n) is 11.1. The molecule has 9 heteroatoms. The molecule has 1 fully saturated rings. The number of pyridine rings is 1. The highest BCUT2D eigenvalue weighted by molar-refractivity contribution is 7.20. The molecule has 3 N–H and O–H groups in total. The zero-order valence-corrected chi connectivity index (χ0v) is 21.7. The first-order valence-corrected chi connectivity index (χ1v) is 13.2. The third-order valence-electron chi connectivity index (χ3n) is 5.92. The summed E-state index contributed by atoms with van der Waals surface area (Å²) in [5.74, 6) is 0.0480. The fourth-order valence-corrected chi connectivity index (χ4v) is 6.68. The molecule has 3 atom stereocenters. The number of carbonyl (C=O) groups is 1. The van der Waals surface area contributed by atoms with Crippen molar-refractivity contribution in [3.05, 3.63) is 44.1 Å². The van der Waals surface area contributed by atoms with Crippen LogP contribution in [0, 0.1) is 6.92 Å². The van der Waals surface area contributed by atoms with Crippen LogP contribution in [0.25, 0.3) is 10.2 Å². The molecule has 3 unspecified atom stereocenters. The minimum Gasteiger partial charge on any atom is -0.443 e. The van der Waals surface area contributed by atoms with Gasteiger partial charge in [0, 0.05) is 27.8 Å². The zero-order chi connectivity index (χ0) is 23.9. The van der Waals surface area contributed by atoms with Gasteiger partial charge in [-0.1, -0.05) is 24.1 Å². The molecule has 0 radical (unpaired) electrons. The number of carbonyl (C=O) groups excluding carboxylic acids is 1. The second kappa shape index (κ2) is 9.50. The Bertz CT molecular complexity index is 1140. The molecular formula is C24H30ClN3O3S2. The minimum atomic E-state index is -0.637. The van der Waals surface area contributed by atoms with Crippen molar-refractivity contribution in [2.24, 2.45) is 5.73 Å². The van der Waals surface area contributed by atoms with Crippen LogP contribution in [0.4, 0.5) is 10.5 Å². The summed E-state index contributed by atoms with van der Waals surface area (Å²) in [6.07, 6.45) is 1.62. The third-order valence-corrected chi connectivity index (χ3v) is 8.41. The van der Waals surface area contributed by atoms with Gasteiger partial charge < -0.3 is 15.6 Å². The Labute approximate surface area is 207 Å². The monoisotopic (exact) mass is 507 g/mol. The van der Waals surface area contributed by atoms with Gasteiger partial charge in [-0.3, -0.25) is 4.90 Å². The molecule has 0 aromatic carbocycles. The van der Waals surface area contributed by atoms with E-state index in [4.69, 9.17) is 22.1 Å². The normalized spacial score (nSPS) is 21.4. The number of nitrogens with two attached hydrogens (primary N) is 1. The molecule has 33 heavy (non-hydrogen) atoms. The summed E-state index contributed by atoms with van der Waals surface area (Å²) in [5.41, 5.74) is 8.23. The highest BCUT2D eigenvalue weighted by atomic mass is 35.5. The average molecular weight is 508 g/mol. The van der Waals surface area contributed by atoms with Gasteiger partial charge in [-0.25, -0.2) is 9.78 Å². The number of thiophene rings is 2. The summed E-state index contributed by atoms with van der Waals surface area (Å²) in [7, 11) is 0. The van der Waals surface area contributed by atoms with Gasteiger partial charge in [-0.15, -0.1) is 22.7 Å². The van der Waals surface area contributed by atoms with E-state index in [0.29, 0.717) is 17.4 Å². The maximum Gasteiger partial charge on any atom is 0.415 e. The van der Waals surface area contributed by atoms with Crippen LogP contribution in [-0.2, 0) is 11.3 Å². The lowest BCUT2D eigenvalue weighted by Gasteiger charge is -2.32. The van der Waals surface area contributed by atoms with Gasteiger partial charge in [-0.05, 0) is 57.5 Å². The van der Waals surface area contributed by atoms with E-state index in [1.54, 1.807) is 33.6 Å². The van der Waals surface area contributed by atoms with E-state index in [9.17, 15) is 9.90 Å². The maximum absolute atomic E-state index is 13.3. The number of aliphatic hydroxyl groups is 1. The molecule has 178 valence electrons. The fourth-order valence-electron chi connectivity index (χ4n) is 4.33. The SMILES string of the molecule is Cc1c(C2CCCC(O)C2N)sc2c(N(Cc3cccs3)C(=O)OC(C)(C)C)cc(Cl)nc12. The van der Waals surface area contributed by atoms with Crippen LogP contribution in [-0.4, -0.2) is 33.9 Å². The zero-order valence-electron chi connectivity index (χ0n) is 19.3. The lowest BCUT2D eigenvalue weighted by atomic mass is 9.81. The van der Waals surface area contributed by atoms with Gasteiger partial charge in [0.05, 0.1) is 28.6 Å². The topological polar surface area (TPSA) is 88.7 Å². The van der Waals surface area contributed by atoms with E-state index in [1.807, 2.05) is 45.2 Å². The summed E-state index contributed by atoms with van der Waals surface area (Å²) in [6.45, 7) is 7.95. The molecule has 4 rings (SSSR count). The molecule has 1 amide bonds. The van der Waals surface area contributed by atoms with Gasteiger partial charge in [0.25, 0.3) is 0 Å². The van der Waals surface area contributed by atoms with E-state index < -0.39 is 17.8 Å². The predicted octanol–water partition coefficient (Wildman–Crippen LogP) is 6.22. The molecule has 1 aliphatic carbocycles. The number of ether oxygens (including phenoxy) is 1. The minimum absolute atomic E-state index is 0.0480. The highest BCUT2D eigenvalue weighted by Gasteiger charge is 2.34. The lowest BCUT2D eigenvalue weighted by Crippen LogP contribution is -2.42. The van der Waals surface area contributed by atoms with Crippen molar-refractivity contribution in [2.75, 3.05) is 4.90 Å². The van der Waals surface area contributed by atoms with Crippen molar-refractivity contribution in [2.45, 2.75) is 77.2 Å². The van der Waals surface area contributed by atoms with Crippen LogP contribution in [0.1, 0.15) is 61.3 Å². The summed E-state index contributed by atoms with van der Waals surface area (Å²) in [4.78, 5) is 21.7. The quantitative estimate of drug-likeness (QED) is 0.409. The van der Waals surface area contributed by atoms with E-state index in [2.05, 4.69) is 4.98 Å². The van der Waals surface area contributed by atoms with Gasteiger partial charge >= 0.3 is 6.09 Å².